The number of hydrogen-bond acceptors (Lipinski definition) is 4. The standard InChI is InChI=1S/C19H23NO3/c1-4-23-19(21)13-18(17-8-6-5-7-14(17)2)20-15-9-11-16(22-3)12-10-15/h5-12,18,20H,4,13H2,1-3H3/t18-/m0/s1. The van der Waals surface area contributed by atoms with Crippen LogP contribution in [0.5, 0.6) is 5.75 Å². The lowest BCUT2D eigenvalue weighted by Gasteiger charge is -2.21. The Labute approximate surface area is 137 Å². The Morgan fingerprint density at radius 3 is 2.43 bits per heavy atom. The Bertz CT molecular complexity index is 637. The molecule has 1 atom stereocenters. The van der Waals surface area contributed by atoms with E-state index in [4.69, 9.17) is 9.47 Å². The van der Waals surface area contributed by atoms with Gasteiger partial charge in [-0.15, -0.1) is 0 Å². The lowest BCUT2D eigenvalue weighted by Crippen LogP contribution is -2.18. The van der Waals surface area contributed by atoms with E-state index in [2.05, 4.69) is 5.32 Å². The minimum Gasteiger partial charge on any atom is -0.497 e. The summed E-state index contributed by atoms with van der Waals surface area (Å²) in [6.45, 7) is 4.25. The summed E-state index contributed by atoms with van der Waals surface area (Å²) in [5, 5.41) is 3.42. The molecule has 2 rings (SSSR count). The summed E-state index contributed by atoms with van der Waals surface area (Å²) in [7, 11) is 1.64. The molecule has 0 aliphatic carbocycles. The molecule has 4 nitrogen and oxygen atoms in total. The van der Waals surface area contributed by atoms with Gasteiger partial charge in [0.1, 0.15) is 5.75 Å². The van der Waals surface area contributed by atoms with Crippen molar-refractivity contribution in [2.75, 3.05) is 19.0 Å². The SMILES string of the molecule is CCOC(=O)C[C@H](Nc1ccc(OC)cc1)c1ccccc1C. The number of esters is 1. The molecule has 0 unspecified atom stereocenters. The van der Waals surface area contributed by atoms with Gasteiger partial charge in [-0.3, -0.25) is 4.79 Å². The van der Waals surface area contributed by atoms with Crippen LogP contribution in [0.25, 0.3) is 0 Å². The first-order valence-electron chi connectivity index (χ1n) is 7.75. The lowest BCUT2D eigenvalue weighted by molar-refractivity contribution is -0.143. The number of nitrogens with one attached hydrogen (secondary N) is 1. The third-order valence-corrected chi connectivity index (χ3v) is 3.67. The number of benzene rings is 2. The van der Waals surface area contributed by atoms with Gasteiger partial charge in [0.05, 0.1) is 26.2 Å². The van der Waals surface area contributed by atoms with Gasteiger partial charge >= 0.3 is 5.97 Å². The first-order valence-corrected chi connectivity index (χ1v) is 7.75. The average molecular weight is 313 g/mol. The molecule has 0 saturated heterocycles. The van der Waals surface area contributed by atoms with E-state index in [0.29, 0.717) is 6.61 Å². The van der Waals surface area contributed by atoms with Gasteiger partial charge in [0, 0.05) is 5.69 Å². The van der Waals surface area contributed by atoms with E-state index < -0.39 is 0 Å². The molecule has 0 heterocycles. The van der Waals surface area contributed by atoms with Crippen LogP contribution in [0.2, 0.25) is 0 Å². The van der Waals surface area contributed by atoms with E-state index in [9.17, 15) is 4.79 Å². The number of hydrogen-bond donors (Lipinski definition) is 1. The van der Waals surface area contributed by atoms with Crippen molar-refractivity contribution in [3.8, 4) is 5.75 Å². The third-order valence-electron chi connectivity index (χ3n) is 3.67. The summed E-state index contributed by atoms with van der Waals surface area (Å²) in [5.74, 6) is 0.593. The second-order valence-electron chi connectivity index (χ2n) is 5.29. The molecule has 1 N–H and O–H groups in total. The molecular weight excluding hydrogens is 290 g/mol. The van der Waals surface area contributed by atoms with E-state index >= 15 is 0 Å². The van der Waals surface area contributed by atoms with Crippen molar-refractivity contribution in [1.29, 1.82) is 0 Å². The average Bonchev–Trinajstić information content (AvgIpc) is 2.55. The van der Waals surface area contributed by atoms with Crippen LogP contribution in [-0.2, 0) is 9.53 Å². The van der Waals surface area contributed by atoms with Gasteiger partial charge in [-0.1, -0.05) is 24.3 Å². The lowest BCUT2D eigenvalue weighted by atomic mass is 9.98. The maximum Gasteiger partial charge on any atom is 0.308 e. The number of ether oxygens (including phenoxy) is 2. The monoisotopic (exact) mass is 313 g/mol. The first-order chi connectivity index (χ1) is 11.1. The topological polar surface area (TPSA) is 47.6 Å². The van der Waals surface area contributed by atoms with Gasteiger partial charge in [0.2, 0.25) is 0 Å². The Balaban J connectivity index is 2.21. The zero-order valence-corrected chi connectivity index (χ0v) is 13.8. The zero-order valence-electron chi connectivity index (χ0n) is 13.8. The normalized spacial score (nSPS) is 11.6. The molecule has 0 aromatic heterocycles. The van der Waals surface area contributed by atoms with Crippen LogP contribution >= 0.6 is 0 Å². The van der Waals surface area contributed by atoms with Crippen molar-refractivity contribution in [1.82, 2.24) is 0 Å². The molecule has 0 aliphatic heterocycles. The van der Waals surface area contributed by atoms with Crippen molar-refractivity contribution in [3.05, 3.63) is 59.7 Å². The van der Waals surface area contributed by atoms with Gasteiger partial charge in [0.15, 0.2) is 0 Å². The Morgan fingerprint density at radius 1 is 1.13 bits per heavy atom. The Morgan fingerprint density at radius 2 is 1.83 bits per heavy atom. The van der Waals surface area contributed by atoms with Gasteiger partial charge in [-0.25, -0.2) is 0 Å². The van der Waals surface area contributed by atoms with E-state index in [1.165, 1.54) is 0 Å². The molecule has 4 heteroatoms. The summed E-state index contributed by atoms with van der Waals surface area (Å²) < 4.78 is 10.3. The van der Waals surface area contributed by atoms with Gasteiger partial charge in [-0.2, -0.15) is 0 Å². The van der Waals surface area contributed by atoms with Crippen molar-refractivity contribution < 1.29 is 14.3 Å². The second-order valence-corrected chi connectivity index (χ2v) is 5.29. The van der Waals surface area contributed by atoms with E-state index in [-0.39, 0.29) is 18.4 Å². The molecule has 0 radical (unpaired) electrons. The number of carbonyl (C=O) groups excluding carboxylic acids is 1. The number of rotatable bonds is 7. The fourth-order valence-corrected chi connectivity index (χ4v) is 2.49. The van der Waals surface area contributed by atoms with Crippen molar-refractivity contribution in [3.63, 3.8) is 0 Å². The van der Waals surface area contributed by atoms with E-state index in [0.717, 1.165) is 22.6 Å². The molecule has 0 aliphatic rings. The highest BCUT2D eigenvalue weighted by Crippen LogP contribution is 2.26. The summed E-state index contributed by atoms with van der Waals surface area (Å²) in [6.07, 6.45) is 0.282. The molecule has 0 fully saturated rings. The van der Waals surface area contributed by atoms with Crippen LogP contribution < -0.4 is 10.1 Å². The maximum atomic E-state index is 11.9. The molecular formula is C19H23NO3. The molecule has 0 spiro atoms. The minimum atomic E-state index is -0.207. The molecule has 2 aromatic carbocycles. The fourth-order valence-electron chi connectivity index (χ4n) is 2.49. The van der Waals surface area contributed by atoms with Crippen LogP contribution in [-0.4, -0.2) is 19.7 Å². The number of anilines is 1. The summed E-state index contributed by atoms with van der Waals surface area (Å²) in [6, 6.07) is 15.6. The number of methoxy groups -OCH3 is 1. The van der Waals surface area contributed by atoms with Crippen LogP contribution in [0, 0.1) is 6.92 Å². The Hall–Kier alpha value is -2.49. The largest absolute Gasteiger partial charge is 0.497 e. The first kappa shape index (κ1) is 16.9. The van der Waals surface area contributed by atoms with E-state index in [1.807, 2.05) is 62.4 Å². The minimum absolute atomic E-state index is 0.136. The predicted molar refractivity (Wildman–Crippen MR) is 91.8 cm³/mol. The highest BCUT2D eigenvalue weighted by Gasteiger charge is 2.18. The second kappa shape index (κ2) is 8.22. The highest BCUT2D eigenvalue weighted by atomic mass is 16.5. The van der Waals surface area contributed by atoms with Gasteiger partial charge in [-0.05, 0) is 49.2 Å². The number of aryl methyl sites for hydroxylation is 1. The predicted octanol–water partition coefficient (Wildman–Crippen LogP) is 4.11. The summed E-state index contributed by atoms with van der Waals surface area (Å²) in [5.41, 5.74) is 3.17. The maximum absolute atomic E-state index is 11.9. The van der Waals surface area contributed by atoms with Crippen molar-refractivity contribution in [2.45, 2.75) is 26.3 Å². The summed E-state index contributed by atoms with van der Waals surface area (Å²) >= 11 is 0. The summed E-state index contributed by atoms with van der Waals surface area (Å²) in [4.78, 5) is 11.9. The molecule has 23 heavy (non-hydrogen) atoms. The fraction of sp³-hybridized carbons (Fsp3) is 0.316. The molecule has 122 valence electrons. The van der Waals surface area contributed by atoms with Crippen molar-refractivity contribution >= 4 is 11.7 Å². The van der Waals surface area contributed by atoms with Crippen LogP contribution in [0.1, 0.15) is 30.5 Å². The van der Waals surface area contributed by atoms with Crippen molar-refractivity contribution in [2.24, 2.45) is 0 Å². The van der Waals surface area contributed by atoms with E-state index in [1.54, 1.807) is 7.11 Å². The third kappa shape index (κ3) is 4.74. The van der Waals surface area contributed by atoms with Crippen LogP contribution in [0.3, 0.4) is 0 Å². The van der Waals surface area contributed by atoms with Crippen LogP contribution in [0.15, 0.2) is 48.5 Å². The molecule has 0 bridgehead atoms. The molecule has 0 amide bonds. The Kier molecular flexibility index (Phi) is 6.03. The molecule has 0 saturated carbocycles. The van der Waals surface area contributed by atoms with Gasteiger partial charge < -0.3 is 14.8 Å². The zero-order chi connectivity index (χ0) is 16.7. The highest BCUT2D eigenvalue weighted by molar-refractivity contribution is 5.71. The molecule has 2 aromatic rings. The smallest absolute Gasteiger partial charge is 0.308 e. The van der Waals surface area contributed by atoms with Gasteiger partial charge in [0.25, 0.3) is 0 Å². The van der Waals surface area contributed by atoms with Crippen LogP contribution in [0.4, 0.5) is 5.69 Å². The quantitative estimate of drug-likeness (QED) is 0.781. The number of carbonyl (C=O) groups is 1.